The number of carbonyl (C=O) groups is 1. The number of amides is 1. The van der Waals surface area contributed by atoms with Crippen molar-refractivity contribution >= 4 is 28.8 Å². The molecule has 1 rings (SSSR count). The van der Waals surface area contributed by atoms with Gasteiger partial charge in [-0.15, -0.1) is 0 Å². The largest absolute Gasteiger partial charge is 0.444 e. The molecule has 1 aromatic rings. The fourth-order valence-electron chi connectivity index (χ4n) is 1.71. The first-order chi connectivity index (χ1) is 10.2. The van der Waals surface area contributed by atoms with E-state index in [0.29, 0.717) is 11.4 Å². The fraction of sp³-hybridized carbons (Fsp3) is 0.533. The van der Waals surface area contributed by atoms with E-state index in [9.17, 15) is 9.00 Å². The Kier molecular flexibility index (Phi) is 7.32. The van der Waals surface area contributed by atoms with E-state index in [2.05, 4.69) is 5.32 Å². The second kappa shape index (κ2) is 8.50. The van der Waals surface area contributed by atoms with Crippen molar-refractivity contribution < 1.29 is 17.9 Å². The maximum atomic E-state index is 11.9. The highest BCUT2D eigenvalue weighted by Gasteiger charge is 2.20. The lowest BCUT2D eigenvalue weighted by molar-refractivity contribution is 0.0489. The van der Waals surface area contributed by atoms with Gasteiger partial charge < -0.3 is 10.1 Å². The standard InChI is InChI=1S/C15H22ClNO4S/c1-15(2,3)21-14(18)17-13(10-20-22(4)19)9-11-5-7-12(16)8-6-11/h5-8,13H,9-10H2,1-4H3,(H,17,18)/t13-,22?/m0/s1. The lowest BCUT2D eigenvalue weighted by Crippen LogP contribution is -2.42. The number of hydrogen-bond acceptors (Lipinski definition) is 4. The van der Waals surface area contributed by atoms with Crippen molar-refractivity contribution in [2.24, 2.45) is 0 Å². The van der Waals surface area contributed by atoms with Crippen LogP contribution in [0.2, 0.25) is 5.02 Å². The number of carbonyl (C=O) groups excluding carboxylic acids is 1. The van der Waals surface area contributed by atoms with Crippen LogP contribution >= 0.6 is 11.6 Å². The van der Waals surface area contributed by atoms with Crippen molar-refractivity contribution in [2.75, 3.05) is 12.9 Å². The van der Waals surface area contributed by atoms with Gasteiger partial charge in [0.25, 0.3) is 0 Å². The molecule has 7 heteroatoms. The molecular weight excluding hydrogens is 326 g/mol. The maximum Gasteiger partial charge on any atom is 0.407 e. The summed E-state index contributed by atoms with van der Waals surface area (Å²) in [6.07, 6.45) is 1.43. The van der Waals surface area contributed by atoms with Crippen LogP contribution in [-0.4, -0.2) is 34.8 Å². The third-order valence-electron chi connectivity index (χ3n) is 2.55. The summed E-state index contributed by atoms with van der Waals surface area (Å²) in [5.41, 5.74) is 0.402. The van der Waals surface area contributed by atoms with Gasteiger partial charge in [-0.05, 0) is 44.9 Å². The third kappa shape index (κ3) is 8.36. The van der Waals surface area contributed by atoms with Gasteiger partial charge in [0.1, 0.15) is 5.60 Å². The normalized spacial score (nSPS) is 14.2. The lowest BCUT2D eigenvalue weighted by atomic mass is 10.1. The van der Waals surface area contributed by atoms with Crippen LogP contribution in [0.5, 0.6) is 0 Å². The van der Waals surface area contributed by atoms with Gasteiger partial charge in [0.2, 0.25) is 0 Å². The molecule has 0 aliphatic rings. The Morgan fingerprint density at radius 1 is 1.32 bits per heavy atom. The molecule has 1 unspecified atom stereocenters. The Labute approximate surface area is 139 Å². The van der Waals surface area contributed by atoms with Gasteiger partial charge in [-0.2, -0.15) is 0 Å². The zero-order valence-corrected chi connectivity index (χ0v) is 14.8. The SMILES string of the molecule is CS(=O)OC[C@H](Cc1ccc(Cl)cc1)NC(=O)OC(C)(C)C. The molecule has 0 heterocycles. The minimum atomic E-state index is -1.39. The molecule has 0 spiro atoms. The zero-order valence-electron chi connectivity index (χ0n) is 13.2. The highest BCUT2D eigenvalue weighted by Crippen LogP contribution is 2.12. The second-order valence-corrected chi connectivity index (χ2v) is 7.33. The topological polar surface area (TPSA) is 64.6 Å². The van der Waals surface area contributed by atoms with Gasteiger partial charge >= 0.3 is 6.09 Å². The minimum Gasteiger partial charge on any atom is -0.444 e. The van der Waals surface area contributed by atoms with E-state index < -0.39 is 22.8 Å². The number of rotatable bonds is 6. The van der Waals surface area contributed by atoms with Crippen molar-refractivity contribution in [1.29, 1.82) is 0 Å². The third-order valence-corrected chi connectivity index (χ3v) is 3.27. The highest BCUT2D eigenvalue weighted by atomic mass is 35.5. The molecule has 0 radical (unpaired) electrons. The van der Waals surface area contributed by atoms with Crippen molar-refractivity contribution in [3.8, 4) is 0 Å². The van der Waals surface area contributed by atoms with E-state index in [1.165, 1.54) is 6.26 Å². The van der Waals surface area contributed by atoms with Crippen LogP contribution in [0, 0.1) is 0 Å². The van der Waals surface area contributed by atoms with Gasteiger partial charge in [0.05, 0.1) is 12.6 Å². The van der Waals surface area contributed by atoms with Crippen molar-refractivity contribution in [3.05, 3.63) is 34.9 Å². The molecule has 0 saturated carbocycles. The summed E-state index contributed by atoms with van der Waals surface area (Å²) in [5.74, 6) is 0. The molecule has 5 nitrogen and oxygen atoms in total. The second-order valence-electron chi connectivity index (χ2n) is 5.86. The van der Waals surface area contributed by atoms with Crippen LogP contribution in [0.15, 0.2) is 24.3 Å². The molecule has 1 N–H and O–H groups in total. The van der Waals surface area contributed by atoms with Crippen LogP contribution in [-0.2, 0) is 26.4 Å². The van der Waals surface area contributed by atoms with Crippen molar-refractivity contribution in [3.63, 3.8) is 0 Å². The molecule has 0 aliphatic carbocycles. The Balaban J connectivity index is 2.68. The molecule has 0 bridgehead atoms. The summed E-state index contributed by atoms with van der Waals surface area (Å²) in [6, 6.07) is 6.95. The Hall–Kier alpha value is -1.11. The Bertz CT molecular complexity index is 513. The van der Waals surface area contributed by atoms with Crippen LogP contribution < -0.4 is 5.32 Å². The Morgan fingerprint density at radius 2 is 1.91 bits per heavy atom. The van der Waals surface area contributed by atoms with Gasteiger partial charge in [-0.1, -0.05) is 23.7 Å². The lowest BCUT2D eigenvalue weighted by Gasteiger charge is -2.23. The molecule has 2 atom stereocenters. The first-order valence-electron chi connectivity index (χ1n) is 6.86. The minimum absolute atomic E-state index is 0.130. The van der Waals surface area contributed by atoms with Gasteiger partial charge in [-0.3, -0.25) is 4.18 Å². The van der Waals surface area contributed by atoms with E-state index in [4.69, 9.17) is 20.5 Å². The number of benzene rings is 1. The van der Waals surface area contributed by atoms with Gasteiger partial charge in [-0.25, -0.2) is 9.00 Å². The predicted molar refractivity (Wildman–Crippen MR) is 88.3 cm³/mol. The summed E-state index contributed by atoms with van der Waals surface area (Å²) in [6.45, 7) is 5.50. The van der Waals surface area contributed by atoms with Crippen molar-refractivity contribution in [1.82, 2.24) is 5.32 Å². The molecular formula is C15H22ClNO4S. The average molecular weight is 348 g/mol. The molecule has 22 heavy (non-hydrogen) atoms. The average Bonchev–Trinajstić information content (AvgIpc) is 2.36. The quantitative estimate of drug-likeness (QED) is 0.858. The number of alkyl carbamates (subject to hydrolysis) is 1. The Morgan fingerprint density at radius 3 is 2.41 bits per heavy atom. The monoisotopic (exact) mass is 347 g/mol. The van der Waals surface area contributed by atoms with E-state index in [1.807, 2.05) is 12.1 Å². The summed E-state index contributed by atoms with van der Waals surface area (Å²) < 4.78 is 21.4. The van der Waals surface area contributed by atoms with Crippen LogP contribution in [0.3, 0.4) is 0 Å². The number of ether oxygens (including phenoxy) is 1. The van der Waals surface area contributed by atoms with Gasteiger partial charge in [0.15, 0.2) is 11.1 Å². The predicted octanol–water partition coefficient (Wildman–Crippen LogP) is 3.09. The van der Waals surface area contributed by atoms with Crippen LogP contribution in [0.4, 0.5) is 4.79 Å². The molecule has 1 aromatic carbocycles. The fourth-order valence-corrected chi connectivity index (χ4v) is 2.19. The number of halogens is 1. The molecule has 0 aliphatic heterocycles. The number of nitrogens with one attached hydrogen (secondary N) is 1. The van der Waals surface area contributed by atoms with E-state index in [0.717, 1.165) is 5.56 Å². The van der Waals surface area contributed by atoms with E-state index in [1.54, 1.807) is 32.9 Å². The molecule has 1 amide bonds. The summed E-state index contributed by atoms with van der Waals surface area (Å²) >= 11 is 4.46. The van der Waals surface area contributed by atoms with Crippen molar-refractivity contribution in [2.45, 2.75) is 38.8 Å². The smallest absolute Gasteiger partial charge is 0.407 e. The molecule has 0 aromatic heterocycles. The van der Waals surface area contributed by atoms with E-state index >= 15 is 0 Å². The van der Waals surface area contributed by atoms with E-state index in [-0.39, 0.29) is 12.6 Å². The summed E-state index contributed by atoms with van der Waals surface area (Å²) in [5, 5.41) is 3.38. The number of hydrogen-bond donors (Lipinski definition) is 1. The van der Waals surface area contributed by atoms with Crippen LogP contribution in [0.25, 0.3) is 0 Å². The highest BCUT2D eigenvalue weighted by molar-refractivity contribution is 7.79. The summed E-state index contributed by atoms with van der Waals surface area (Å²) in [4.78, 5) is 11.9. The first-order valence-corrected chi connectivity index (χ1v) is 8.72. The van der Waals surface area contributed by atoms with Crippen LogP contribution in [0.1, 0.15) is 26.3 Å². The molecule has 0 saturated heterocycles. The zero-order chi connectivity index (χ0) is 16.8. The molecule has 0 fully saturated rings. The molecule has 124 valence electrons. The van der Waals surface area contributed by atoms with Gasteiger partial charge in [0, 0.05) is 11.3 Å². The first kappa shape index (κ1) is 18.9. The maximum absolute atomic E-state index is 11.9. The summed E-state index contributed by atoms with van der Waals surface area (Å²) in [7, 11) is 0.